The predicted molar refractivity (Wildman–Crippen MR) is 69.0 cm³/mol. The molecule has 0 atom stereocenters. The number of rotatable bonds is 4. The standard InChI is InChI=1S/C13H14N2O4/c16-11-3-1-10(2-4-11)15-7-9(8-15)14-12(17)5-6-13(18)19/h1-6,9,16H,7-8H2,(H,14,17)(H,18,19)/b6-5-. The van der Waals surface area contributed by atoms with E-state index in [1.165, 1.54) is 0 Å². The normalized spacial score (nSPS) is 15.3. The van der Waals surface area contributed by atoms with E-state index in [9.17, 15) is 14.7 Å². The molecule has 1 aromatic rings. The second-order valence-electron chi connectivity index (χ2n) is 4.30. The summed E-state index contributed by atoms with van der Waals surface area (Å²) in [6, 6.07) is 6.84. The van der Waals surface area contributed by atoms with Crippen LogP contribution in [0.2, 0.25) is 0 Å². The number of hydrogen-bond acceptors (Lipinski definition) is 4. The van der Waals surface area contributed by atoms with E-state index in [4.69, 9.17) is 5.11 Å². The lowest BCUT2D eigenvalue weighted by atomic mass is 10.1. The molecule has 3 N–H and O–H groups in total. The van der Waals surface area contributed by atoms with E-state index < -0.39 is 11.9 Å². The number of aliphatic carboxylic acids is 1. The number of anilines is 1. The van der Waals surface area contributed by atoms with Gasteiger partial charge in [0.05, 0.1) is 6.04 Å². The Labute approximate surface area is 110 Å². The molecule has 1 saturated heterocycles. The van der Waals surface area contributed by atoms with Crippen molar-refractivity contribution >= 4 is 17.6 Å². The quantitative estimate of drug-likeness (QED) is 0.681. The summed E-state index contributed by atoms with van der Waals surface area (Å²) in [5, 5.41) is 20.3. The number of hydrogen-bond donors (Lipinski definition) is 3. The number of phenolic OH excluding ortho intramolecular Hbond substituents is 1. The van der Waals surface area contributed by atoms with Crippen LogP contribution in [-0.4, -0.2) is 41.2 Å². The van der Waals surface area contributed by atoms with Gasteiger partial charge in [-0.25, -0.2) is 4.79 Å². The zero-order valence-electron chi connectivity index (χ0n) is 10.1. The van der Waals surface area contributed by atoms with Gasteiger partial charge in [-0.3, -0.25) is 4.79 Å². The summed E-state index contributed by atoms with van der Waals surface area (Å²) in [7, 11) is 0. The molecule has 0 saturated carbocycles. The molecular weight excluding hydrogens is 248 g/mol. The van der Waals surface area contributed by atoms with Gasteiger partial charge in [-0.05, 0) is 24.3 Å². The maximum atomic E-state index is 11.3. The molecule has 1 amide bonds. The minimum absolute atomic E-state index is 0.0137. The molecule has 1 aliphatic heterocycles. The zero-order chi connectivity index (χ0) is 13.8. The SMILES string of the molecule is O=C(O)/C=C\C(=O)NC1CN(c2ccc(O)cc2)C1. The number of carboxylic acids is 1. The minimum Gasteiger partial charge on any atom is -0.508 e. The molecule has 6 nitrogen and oxygen atoms in total. The Hall–Kier alpha value is -2.50. The summed E-state index contributed by atoms with van der Waals surface area (Å²) in [6.45, 7) is 1.33. The summed E-state index contributed by atoms with van der Waals surface area (Å²) in [5.74, 6) is -1.33. The Morgan fingerprint density at radius 1 is 1.21 bits per heavy atom. The molecule has 2 rings (SSSR count). The van der Waals surface area contributed by atoms with Gasteiger partial charge in [0.15, 0.2) is 0 Å². The number of nitrogens with zero attached hydrogens (tertiary/aromatic N) is 1. The van der Waals surface area contributed by atoms with Gasteiger partial charge in [0.25, 0.3) is 0 Å². The molecule has 19 heavy (non-hydrogen) atoms. The minimum atomic E-state index is -1.14. The molecule has 0 radical (unpaired) electrons. The van der Waals surface area contributed by atoms with Gasteiger partial charge in [-0.2, -0.15) is 0 Å². The lowest BCUT2D eigenvalue weighted by molar-refractivity contribution is -0.131. The van der Waals surface area contributed by atoms with Gasteiger partial charge in [0, 0.05) is 30.9 Å². The molecule has 1 aromatic carbocycles. The second kappa shape index (κ2) is 5.43. The third-order valence-corrected chi connectivity index (χ3v) is 2.82. The molecule has 0 unspecified atom stereocenters. The van der Waals surface area contributed by atoms with Crippen LogP contribution in [0.25, 0.3) is 0 Å². The number of carbonyl (C=O) groups is 2. The fourth-order valence-electron chi connectivity index (χ4n) is 1.84. The van der Waals surface area contributed by atoms with Crippen LogP contribution in [0.5, 0.6) is 5.75 Å². The van der Waals surface area contributed by atoms with Crippen LogP contribution in [0.4, 0.5) is 5.69 Å². The van der Waals surface area contributed by atoms with E-state index in [-0.39, 0.29) is 11.8 Å². The van der Waals surface area contributed by atoms with Gasteiger partial charge in [-0.15, -0.1) is 0 Å². The second-order valence-corrected chi connectivity index (χ2v) is 4.30. The maximum Gasteiger partial charge on any atom is 0.328 e. The van der Waals surface area contributed by atoms with E-state index >= 15 is 0 Å². The van der Waals surface area contributed by atoms with Crippen LogP contribution in [0.3, 0.4) is 0 Å². The van der Waals surface area contributed by atoms with Crippen LogP contribution >= 0.6 is 0 Å². The molecule has 0 aliphatic carbocycles. The topological polar surface area (TPSA) is 89.9 Å². The average molecular weight is 262 g/mol. The number of phenols is 1. The third-order valence-electron chi connectivity index (χ3n) is 2.82. The summed E-state index contributed by atoms with van der Waals surface area (Å²) >= 11 is 0. The first-order valence-electron chi connectivity index (χ1n) is 5.80. The molecule has 0 spiro atoms. The largest absolute Gasteiger partial charge is 0.508 e. The maximum absolute atomic E-state index is 11.3. The van der Waals surface area contributed by atoms with Gasteiger partial charge in [0.1, 0.15) is 5.75 Å². The highest BCUT2D eigenvalue weighted by Gasteiger charge is 2.27. The first-order chi connectivity index (χ1) is 9.04. The number of carboxylic acid groups (broad SMARTS) is 1. The van der Waals surface area contributed by atoms with Crippen LogP contribution in [0, 0.1) is 0 Å². The molecular formula is C13H14N2O4. The molecule has 1 heterocycles. The number of amides is 1. The van der Waals surface area contributed by atoms with Crippen molar-refractivity contribution < 1.29 is 19.8 Å². The first kappa shape index (κ1) is 12.9. The van der Waals surface area contributed by atoms with Gasteiger partial charge < -0.3 is 20.4 Å². The smallest absolute Gasteiger partial charge is 0.328 e. The van der Waals surface area contributed by atoms with Gasteiger partial charge >= 0.3 is 5.97 Å². The monoisotopic (exact) mass is 262 g/mol. The summed E-state index contributed by atoms with van der Waals surface area (Å²) in [6.07, 6.45) is 1.82. The fraction of sp³-hybridized carbons (Fsp3) is 0.231. The van der Waals surface area contributed by atoms with Crippen LogP contribution in [0.1, 0.15) is 0 Å². The highest BCUT2D eigenvalue weighted by atomic mass is 16.4. The van der Waals surface area contributed by atoms with Gasteiger partial charge in [0.2, 0.25) is 5.91 Å². The van der Waals surface area contributed by atoms with E-state index in [2.05, 4.69) is 5.32 Å². The molecule has 6 heteroatoms. The Balaban J connectivity index is 1.79. The van der Waals surface area contributed by atoms with Crippen molar-refractivity contribution in [1.82, 2.24) is 5.32 Å². The summed E-state index contributed by atoms with van der Waals surface area (Å²) in [5.41, 5.74) is 0.976. The number of benzene rings is 1. The van der Waals surface area contributed by atoms with Crippen molar-refractivity contribution in [2.45, 2.75) is 6.04 Å². The fourth-order valence-corrected chi connectivity index (χ4v) is 1.84. The number of carbonyl (C=O) groups excluding carboxylic acids is 1. The van der Waals surface area contributed by atoms with Crippen LogP contribution in [-0.2, 0) is 9.59 Å². The van der Waals surface area contributed by atoms with Crippen molar-refractivity contribution in [3.05, 3.63) is 36.4 Å². The van der Waals surface area contributed by atoms with Crippen molar-refractivity contribution in [1.29, 1.82) is 0 Å². The predicted octanol–water partition coefficient (Wildman–Crippen LogP) is 0.338. The highest BCUT2D eigenvalue weighted by molar-refractivity contribution is 5.94. The van der Waals surface area contributed by atoms with Crippen LogP contribution in [0.15, 0.2) is 36.4 Å². The summed E-state index contributed by atoms with van der Waals surface area (Å²) in [4.78, 5) is 23.6. The van der Waals surface area contributed by atoms with Crippen molar-refractivity contribution in [3.63, 3.8) is 0 Å². The Kier molecular flexibility index (Phi) is 3.70. The van der Waals surface area contributed by atoms with E-state index in [0.717, 1.165) is 17.8 Å². The summed E-state index contributed by atoms with van der Waals surface area (Å²) < 4.78 is 0. The number of aromatic hydroxyl groups is 1. The van der Waals surface area contributed by atoms with Crippen LogP contribution < -0.4 is 10.2 Å². The lowest BCUT2D eigenvalue weighted by Gasteiger charge is -2.41. The molecule has 1 aliphatic rings. The van der Waals surface area contributed by atoms with Crippen molar-refractivity contribution in [2.24, 2.45) is 0 Å². The van der Waals surface area contributed by atoms with Crippen molar-refractivity contribution in [2.75, 3.05) is 18.0 Å². The zero-order valence-corrected chi connectivity index (χ0v) is 10.1. The molecule has 0 bridgehead atoms. The third kappa shape index (κ3) is 3.48. The first-order valence-corrected chi connectivity index (χ1v) is 5.80. The van der Waals surface area contributed by atoms with Crippen molar-refractivity contribution in [3.8, 4) is 5.75 Å². The lowest BCUT2D eigenvalue weighted by Crippen LogP contribution is -2.59. The van der Waals surface area contributed by atoms with E-state index in [0.29, 0.717) is 13.1 Å². The van der Waals surface area contributed by atoms with Gasteiger partial charge in [-0.1, -0.05) is 0 Å². The molecule has 100 valence electrons. The van der Waals surface area contributed by atoms with E-state index in [1.807, 2.05) is 4.90 Å². The highest BCUT2D eigenvalue weighted by Crippen LogP contribution is 2.22. The molecule has 0 aromatic heterocycles. The molecule has 1 fully saturated rings. The number of nitrogens with one attached hydrogen (secondary N) is 1. The Morgan fingerprint density at radius 3 is 2.42 bits per heavy atom. The van der Waals surface area contributed by atoms with E-state index in [1.54, 1.807) is 24.3 Å². The Morgan fingerprint density at radius 2 is 1.84 bits per heavy atom. The Bertz CT molecular complexity index is 504. The average Bonchev–Trinajstić information content (AvgIpc) is 2.32.